The number of para-hydroxylation sites is 1. The molecule has 0 aliphatic heterocycles. The van der Waals surface area contributed by atoms with Gasteiger partial charge in [-0.2, -0.15) is 0 Å². The second-order valence-electron chi connectivity index (χ2n) is 4.62. The monoisotopic (exact) mass is 289 g/mol. The van der Waals surface area contributed by atoms with Crippen LogP contribution < -0.4 is 4.74 Å². The van der Waals surface area contributed by atoms with Gasteiger partial charge in [0.15, 0.2) is 0 Å². The summed E-state index contributed by atoms with van der Waals surface area (Å²) in [6.45, 7) is 0. The maximum Gasteiger partial charge on any atom is 0.305 e. The molecule has 5 heteroatoms. The molecule has 0 aliphatic rings. The van der Waals surface area contributed by atoms with E-state index in [0.717, 1.165) is 36.3 Å². The van der Waals surface area contributed by atoms with Gasteiger partial charge in [-0.25, -0.2) is 4.98 Å². The summed E-state index contributed by atoms with van der Waals surface area (Å²) in [7, 11) is 3.02. The Bertz CT molecular complexity index is 591. The summed E-state index contributed by atoms with van der Waals surface area (Å²) < 4.78 is 15.6. The second kappa shape index (κ2) is 7.47. The highest BCUT2D eigenvalue weighted by Crippen LogP contribution is 2.29. The number of carbonyl (C=O) groups excluding carboxylic acids is 1. The highest BCUT2D eigenvalue weighted by Gasteiger charge is 2.11. The fourth-order valence-corrected chi connectivity index (χ4v) is 2.04. The fraction of sp³-hybridized carbons (Fsp3) is 0.375. The lowest BCUT2D eigenvalue weighted by Gasteiger charge is -2.04. The minimum atomic E-state index is -0.178. The molecule has 0 N–H and O–H groups in total. The van der Waals surface area contributed by atoms with Gasteiger partial charge in [-0.05, 0) is 25.0 Å². The summed E-state index contributed by atoms with van der Waals surface area (Å²) >= 11 is 0. The van der Waals surface area contributed by atoms with Crippen LogP contribution in [0.1, 0.15) is 25.0 Å². The van der Waals surface area contributed by atoms with Crippen molar-refractivity contribution in [2.45, 2.75) is 25.7 Å². The van der Waals surface area contributed by atoms with E-state index in [9.17, 15) is 4.79 Å². The van der Waals surface area contributed by atoms with Crippen molar-refractivity contribution in [2.75, 3.05) is 14.2 Å². The molecule has 0 bridgehead atoms. The van der Waals surface area contributed by atoms with Crippen LogP contribution in [0.3, 0.4) is 0 Å². The number of benzene rings is 1. The number of aryl methyl sites for hydroxylation is 1. The van der Waals surface area contributed by atoms with Crippen molar-refractivity contribution in [2.24, 2.45) is 0 Å². The molecule has 21 heavy (non-hydrogen) atoms. The van der Waals surface area contributed by atoms with E-state index >= 15 is 0 Å². The molecule has 1 heterocycles. The molecule has 0 radical (unpaired) electrons. The molecular formula is C16H19NO4. The van der Waals surface area contributed by atoms with E-state index in [1.807, 2.05) is 24.3 Å². The number of methoxy groups -OCH3 is 2. The molecule has 0 amide bonds. The zero-order valence-corrected chi connectivity index (χ0v) is 12.3. The molecule has 0 saturated heterocycles. The highest BCUT2D eigenvalue weighted by atomic mass is 16.5. The summed E-state index contributed by atoms with van der Waals surface area (Å²) in [6.07, 6.45) is 4.54. The molecule has 5 nitrogen and oxygen atoms in total. The van der Waals surface area contributed by atoms with Gasteiger partial charge in [-0.3, -0.25) is 4.79 Å². The van der Waals surface area contributed by atoms with Crippen molar-refractivity contribution in [3.8, 4) is 17.2 Å². The van der Waals surface area contributed by atoms with Crippen molar-refractivity contribution in [3.63, 3.8) is 0 Å². The number of oxazole rings is 1. The van der Waals surface area contributed by atoms with Crippen molar-refractivity contribution < 1.29 is 18.7 Å². The first-order valence-corrected chi connectivity index (χ1v) is 6.89. The third kappa shape index (κ3) is 4.08. The number of ether oxygens (including phenoxy) is 2. The van der Waals surface area contributed by atoms with Crippen molar-refractivity contribution >= 4 is 5.97 Å². The van der Waals surface area contributed by atoms with Crippen molar-refractivity contribution in [1.29, 1.82) is 0 Å². The first-order valence-electron chi connectivity index (χ1n) is 6.89. The first-order chi connectivity index (χ1) is 10.2. The minimum Gasteiger partial charge on any atom is -0.496 e. The van der Waals surface area contributed by atoms with E-state index in [-0.39, 0.29) is 5.97 Å². The Morgan fingerprint density at radius 2 is 2.05 bits per heavy atom. The molecule has 0 aliphatic carbocycles. The van der Waals surface area contributed by atoms with Gasteiger partial charge in [-0.15, -0.1) is 0 Å². The summed E-state index contributed by atoms with van der Waals surface area (Å²) in [5.41, 5.74) is 0.834. The van der Waals surface area contributed by atoms with Crippen LogP contribution in [0, 0.1) is 0 Å². The van der Waals surface area contributed by atoms with Crippen LogP contribution in [0.25, 0.3) is 11.5 Å². The Morgan fingerprint density at radius 1 is 1.24 bits per heavy atom. The van der Waals surface area contributed by atoms with Gasteiger partial charge < -0.3 is 13.9 Å². The van der Waals surface area contributed by atoms with Gasteiger partial charge in [0.05, 0.1) is 26.0 Å². The molecule has 1 aromatic carbocycles. The fourth-order valence-electron chi connectivity index (χ4n) is 2.04. The average molecular weight is 289 g/mol. The van der Waals surface area contributed by atoms with Gasteiger partial charge in [0, 0.05) is 12.8 Å². The Morgan fingerprint density at radius 3 is 2.81 bits per heavy atom. The number of carbonyl (C=O) groups is 1. The number of nitrogens with zero attached hydrogens (tertiary/aromatic N) is 1. The van der Waals surface area contributed by atoms with E-state index < -0.39 is 0 Å². The maximum absolute atomic E-state index is 11.0. The molecule has 0 fully saturated rings. The van der Waals surface area contributed by atoms with Gasteiger partial charge in [0.2, 0.25) is 5.89 Å². The van der Waals surface area contributed by atoms with Crippen LogP contribution in [-0.2, 0) is 16.0 Å². The molecule has 0 saturated carbocycles. The van der Waals surface area contributed by atoms with Crippen LogP contribution in [-0.4, -0.2) is 25.2 Å². The minimum absolute atomic E-state index is 0.178. The molecule has 1 aromatic heterocycles. The average Bonchev–Trinajstić information content (AvgIpc) is 3.00. The summed E-state index contributed by atoms with van der Waals surface area (Å²) in [5.74, 6) is 1.91. The lowest BCUT2D eigenvalue weighted by molar-refractivity contribution is -0.140. The number of hydrogen-bond donors (Lipinski definition) is 0. The second-order valence-corrected chi connectivity index (χ2v) is 4.62. The van der Waals surface area contributed by atoms with E-state index in [0.29, 0.717) is 12.3 Å². The van der Waals surface area contributed by atoms with Crippen LogP contribution in [0.4, 0.5) is 0 Å². The number of esters is 1. The van der Waals surface area contributed by atoms with Crippen molar-refractivity contribution in [1.82, 2.24) is 4.98 Å². The van der Waals surface area contributed by atoms with Gasteiger partial charge >= 0.3 is 5.97 Å². The predicted octanol–water partition coefficient (Wildman–Crippen LogP) is 3.24. The molecule has 2 aromatic rings. The van der Waals surface area contributed by atoms with Crippen LogP contribution in [0.5, 0.6) is 5.75 Å². The predicted molar refractivity (Wildman–Crippen MR) is 78.1 cm³/mol. The lowest BCUT2D eigenvalue weighted by atomic mass is 10.2. The normalized spacial score (nSPS) is 10.4. The van der Waals surface area contributed by atoms with E-state index in [2.05, 4.69) is 9.72 Å². The van der Waals surface area contributed by atoms with E-state index in [1.165, 1.54) is 7.11 Å². The van der Waals surface area contributed by atoms with E-state index in [1.54, 1.807) is 13.3 Å². The van der Waals surface area contributed by atoms with Crippen LogP contribution in [0.15, 0.2) is 34.9 Å². The number of rotatable bonds is 7. The first kappa shape index (κ1) is 15.1. The number of aromatic nitrogens is 1. The Hall–Kier alpha value is -2.30. The Kier molecular flexibility index (Phi) is 5.37. The zero-order valence-electron chi connectivity index (χ0n) is 12.3. The maximum atomic E-state index is 11.0. The molecule has 0 atom stereocenters. The van der Waals surface area contributed by atoms with Crippen molar-refractivity contribution in [3.05, 3.63) is 36.2 Å². The third-order valence-electron chi connectivity index (χ3n) is 3.17. The van der Waals surface area contributed by atoms with Crippen LogP contribution >= 0.6 is 0 Å². The Balaban J connectivity index is 1.94. The largest absolute Gasteiger partial charge is 0.496 e. The summed E-state index contributed by atoms with van der Waals surface area (Å²) in [4.78, 5) is 15.3. The summed E-state index contributed by atoms with van der Waals surface area (Å²) in [6, 6.07) is 7.60. The van der Waals surface area contributed by atoms with Gasteiger partial charge in [-0.1, -0.05) is 12.1 Å². The molecule has 0 unspecified atom stereocenters. The quantitative estimate of drug-likeness (QED) is 0.578. The molecule has 112 valence electrons. The highest BCUT2D eigenvalue weighted by molar-refractivity contribution is 5.69. The van der Waals surface area contributed by atoms with Gasteiger partial charge in [0.1, 0.15) is 11.5 Å². The Labute approximate surface area is 123 Å². The zero-order chi connectivity index (χ0) is 15.1. The molecule has 0 spiro atoms. The van der Waals surface area contributed by atoms with Gasteiger partial charge in [0.25, 0.3) is 0 Å². The van der Waals surface area contributed by atoms with Crippen LogP contribution in [0.2, 0.25) is 0 Å². The summed E-state index contributed by atoms with van der Waals surface area (Å²) in [5, 5.41) is 0. The topological polar surface area (TPSA) is 61.6 Å². The number of hydrogen-bond acceptors (Lipinski definition) is 5. The SMILES string of the molecule is COC(=O)CCCCc1cnc(-c2ccccc2OC)o1. The number of unbranched alkanes of at least 4 members (excludes halogenated alkanes) is 1. The smallest absolute Gasteiger partial charge is 0.305 e. The third-order valence-corrected chi connectivity index (χ3v) is 3.17. The lowest BCUT2D eigenvalue weighted by Crippen LogP contribution is -1.99. The standard InChI is InChI=1S/C16H19NO4/c1-19-14-9-5-4-8-13(14)16-17-11-12(21-16)7-3-6-10-15(18)20-2/h4-5,8-9,11H,3,6-7,10H2,1-2H3. The van der Waals surface area contributed by atoms with E-state index in [4.69, 9.17) is 9.15 Å². The molecular weight excluding hydrogens is 270 g/mol. The molecule has 2 rings (SSSR count).